The van der Waals surface area contributed by atoms with Crippen molar-refractivity contribution in [2.75, 3.05) is 6.54 Å². The first-order valence-electron chi connectivity index (χ1n) is 9.85. The van der Waals surface area contributed by atoms with E-state index in [1.165, 1.54) is 0 Å². The quantitative estimate of drug-likeness (QED) is 0.526. The van der Waals surface area contributed by atoms with Crippen molar-refractivity contribution < 1.29 is 29.4 Å². The Morgan fingerprint density at radius 1 is 0.778 bits per heavy atom. The summed E-state index contributed by atoms with van der Waals surface area (Å²) in [6.07, 6.45) is 5.46. The molecule has 27 heavy (non-hydrogen) atoms. The van der Waals surface area contributed by atoms with Crippen LogP contribution in [0.5, 0.6) is 0 Å². The van der Waals surface area contributed by atoms with Crippen LogP contribution in [-0.4, -0.2) is 46.6 Å². The maximum absolute atomic E-state index is 12.4. The van der Waals surface area contributed by atoms with Gasteiger partial charge in [0.05, 0.1) is 23.7 Å². The number of amides is 2. The molecule has 2 aliphatic carbocycles. The molecular weight excluding hydrogens is 352 g/mol. The lowest BCUT2D eigenvalue weighted by atomic mass is 9.78. The molecule has 0 aromatic heterocycles. The van der Waals surface area contributed by atoms with Crippen molar-refractivity contribution in [1.29, 1.82) is 0 Å². The number of carbonyl (C=O) groups excluding carboxylic acids is 2. The fourth-order valence-corrected chi connectivity index (χ4v) is 4.27. The molecule has 2 rings (SSSR count). The van der Waals surface area contributed by atoms with Crippen LogP contribution in [0.3, 0.4) is 0 Å². The highest BCUT2D eigenvalue weighted by Crippen LogP contribution is 2.31. The van der Waals surface area contributed by atoms with Crippen molar-refractivity contribution >= 4 is 23.8 Å². The summed E-state index contributed by atoms with van der Waals surface area (Å²) in [6.45, 7) is 1.93. The topological polar surface area (TPSA) is 133 Å². The van der Waals surface area contributed by atoms with Crippen LogP contribution in [0, 0.1) is 23.7 Å². The molecule has 0 aromatic carbocycles. The van der Waals surface area contributed by atoms with Gasteiger partial charge in [-0.2, -0.15) is 0 Å². The largest absolute Gasteiger partial charge is 0.481 e. The second-order valence-corrected chi connectivity index (χ2v) is 7.83. The standard InChI is InChI=1S/C19H30N2O6/c1-11(21-17(23)13-7-3-5-9-15(13)19(26)27)10-20-16(22)12-6-2-4-8-14(12)18(24)25/h11-15H,2-10H2,1H3,(H,20,22)(H,21,23)(H,24,25)(H,26,27)/t11-,12+,13+,14-,15-/m1/s1. The number of hydrogen-bond acceptors (Lipinski definition) is 4. The third kappa shape index (κ3) is 5.68. The number of rotatable bonds is 7. The van der Waals surface area contributed by atoms with Gasteiger partial charge in [0.25, 0.3) is 0 Å². The molecule has 2 saturated carbocycles. The Bertz CT molecular complexity index is 579. The van der Waals surface area contributed by atoms with Gasteiger partial charge in [-0.05, 0) is 32.6 Å². The van der Waals surface area contributed by atoms with Crippen molar-refractivity contribution in [3.8, 4) is 0 Å². The highest BCUT2D eigenvalue weighted by Gasteiger charge is 2.37. The van der Waals surface area contributed by atoms with Gasteiger partial charge >= 0.3 is 11.9 Å². The molecule has 8 nitrogen and oxygen atoms in total. The van der Waals surface area contributed by atoms with E-state index in [1.54, 1.807) is 6.92 Å². The molecule has 0 saturated heterocycles. The van der Waals surface area contributed by atoms with Gasteiger partial charge in [-0.1, -0.05) is 25.7 Å². The fourth-order valence-electron chi connectivity index (χ4n) is 4.27. The molecule has 0 spiro atoms. The zero-order valence-corrected chi connectivity index (χ0v) is 15.8. The Hall–Kier alpha value is -2.12. The van der Waals surface area contributed by atoms with Crippen molar-refractivity contribution in [3.05, 3.63) is 0 Å². The van der Waals surface area contributed by atoms with Gasteiger partial charge in [0.15, 0.2) is 0 Å². The van der Waals surface area contributed by atoms with Gasteiger partial charge in [-0.25, -0.2) is 0 Å². The van der Waals surface area contributed by atoms with E-state index < -0.39 is 35.6 Å². The molecule has 8 heteroatoms. The van der Waals surface area contributed by atoms with E-state index in [2.05, 4.69) is 10.6 Å². The summed E-state index contributed by atoms with van der Waals surface area (Å²) >= 11 is 0. The molecule has 0 radical (unpaired) electrons. The van der Waals surface area contributed by atoms with E-state index in [-0.39, 0.29) is 24.4 Å². The van der Waals surface area contributed by atoms with E-state index in [4.69, 9.17) is 0 Å². The number of carboxylic acids is 2. The van der Waals surface area contributed by atoms with Crippen LogP contribution in [0.2, 0.25) is 0 Å². The Kier molecular flexibility index (Phi) is 7.62. The Morgan fingerprint density at radius 3 is 1.63 bits per heavy atom. The molecule has 152 valence electrons. The molecule has 0 aromatic rings. The molecule has 0 bridgehead atoms. The maximum atomic E-state index is 12.4. The van der Waals surface area contributed by atoms with Crippen LogP contribution < -0.4 is 10.6 Å². The minimum absolute atomic E-state index is 0.192. The van der Waals surface area contributed by atoms with Crippen LogP contribution in [0.15, 0.2) is 0 Å². The Morgan fingerprint density at radius 2 is 1.19 bits per heavy atom. The summed E-state index contributed by atoms with van der Waals surface area (Å²) in [7, 11) is 0. The zero-order chi connectivity index (χ0) is 20.0. The van der Waals surface area contributed by atoms with Gasteiger partial charge in [0, 0.05) is 12.6 Å². The Balaban J connectivity index is 1.83. The number of carbonyl (C=O) groups is 4. The molecule has 0 unspecified atom stereocenters. The first-order valence-corrected chi connectivity index (χ1v) is 9.85. The van der Waals surface area contributed by atoms with E-state index in [1.807, 2.05) is 0 Å². The number of nitrogens with one attached hydrogen (secondary N) is 2. The molecule has 2 fully saturated rings. The highest BCUT2D eigenvalue weighted by atomic mass is 16.4. The first-order chi connectivity index (χ1) is 12.8. The van der Waals surface area contributed by atoms with E-state index >= 15 is 0 Å². The fraction of sp³-hybridized carbons (Fsp3) is 0.789. The van der Waals surface area contributed by atoms with E-state index in [0.29, 0.717) is 25.7 Å². The Labute approximate surface area is 159 Å². The second-order valence-electron chi connectivity index (χ2n) is 7.83. The average molecular weight is 382 g/mol. The smallest absolute Gasteiger partial charge is 0.307 e. The van der Waals surface area contributed by atoms with E-state index in [9.17, 15) is 29.4 Å². The molecule has 2 aliphatic rings. The third-order valence-corrected chi connectivity index (χ3v) is 5.81. The molecule has 4 N–H and O–H groups in total. The molecule has 2 amide bonds. The van der Waals surface area contributed by atoms with Crippen LogP contribution in [-0.2, 0) is 19.2 Å². The van der Waals surface area contributed by atoms with Gasteiger partial charge in [-0.3, -0.25) is 19.2 Å². The third-order valence-electron chi connectivity index (χ3n) is 5.81. The van der Waals surface area contributed by atoms with E-state index in [0.717, 1.165) is 25.7 Å². The minimum atomic E-state index is -0.937. The lowest BCUT2D eigenvalue weighted by molar-refractivity contribution is -0.149. The zero-order valence-electron chi connectivity index (χ0n) is 15.8. The number of carboxylic acid groups (broad SMARTS) is 2. The van der Waals surface area contributed by atoms with Crippen LogP contribution in [0.4, 0.5) is 0 Å². The molecule has 5 atom stereocenters. The van der Waals surface area contributed by atoms with Crippen molar-refractivity contribution in [2.24, 2.45) is 23.7 Å². The van der Waals surface area contributed by atoms with Crippen molar-refractivity contribution in [3.63, 3.8) is 0 Å². The summed E-state index contributed by atoms with van der Waals surface area (Å²) in [6, 6.07) is -0.357. The average Bonchev–Trinajstić information content (AvgIpc) is 2.65. The predicted octanol–water partition coefficient (Wildman–Crippen LogP) is 1.39. The second kappa shape index (κ2) is 9.71. The monoisotopic (exact) mass is 382 g/mol. The number of aliphatic carboxylic acids is 2. The van der Waals surface area contributed by atoms with Crippen molar-refractivity contribution in [1.82, 2.24) is 10.6 Å². The number of hydrogen-bond donors (Lipinski definition) is 4. The van der Waals surface area contributed by atoms with Crippen LogP contribution >= 0.6 is 0 Å². The molecule has 0 aliphatic heterocycles. The van der Waals surface area contributed by atoms with Crippen molar-refractivity contribution in [2.45, 2.75) is 64.3 Å². The minimum Gasteiger partial charge on any atom is -0.481 e. The summed E-state index contributed by atoms with van der Waals surface area (Å²) < 4.78 is 0. The summed E-state index contributed by atoms with van der Waals surface area (Å²) in [4.78, 5) is 47.5. The van der Waals surface area contributed by atoms with Gasteiger partial charge in [0.2, 0.25) is 11.8 Å². The van der Waals surface area contributed by atoms with Gasteiger partial charge < -0.3 is 20.8 Å². The summed E-state index contributed by atoms with van der Waals surface area (Å²) in [5.74, 6) is -4.82. The lowest BCUT2D eigenvalue weighted by Gasteiger charge is -2.30. The molecular formula is C19H30N2O6. The first kappa shape index (κ1) is 21.2. The summed E-state index contributed by atoms with van der Waals surface area (Å²) in [5, 5.41) is 24.1. The van der Waals surface area contributed by atoms with Gasteiger partial charge in [-0.15, -0.1) is 0 Å². The lowest BCUT2D eigenvalue weighted by Crippen LogP contribution is -2.48. The SMILES string of the molecule is C[C@H](CNC(=O)[C@H]1CCCC[C@H]1C(=O)O)NC(=O)[C@H]1CCCC[C@H]1C(=O)O. The van der Waals surface area contributed by atoms with Crippen LogP contribution in [0.25, 0.3) is 0 Å². The summed E-state index contributed by atoms with van der Waals surface area (Å²) in [5.41, 5.74) is 0. The predicted molar refractivity (Wildman–Crippen MR) is 96.8 cm³/mol. The van der Waals surface area contributed by atoms with Gasteiger partial charge in [0.1, 0.15) is 0 Å². The normalized spacial score (nSPS) is 29.4. The maximum Gasteiger partial charge on any atom is 0.307 e. The highest BCUT2D eigenvalue weighted by molar-refractivity contribution is 5.86. The molecule has 0 heterocycles. The van der Waals surface area contributed by atoms with Crippen LogP contribution in [0.1, 0.15) is 58.3 Å².